The number of amides is 3. The summed E-state index contributed by atoms with van der Waals surface area (Å²) in [5.41, 5.74) is 1.55. The van der Waals surface area contributed by atoms with Crippen LogP contribution < -0.4 is 10.2 Å². The molecule has 3 amide bonds. The van der Waals surface area contributed by atoms with E-state index in [2.05, 4.69) is 24.1 Å². The van der Waals surface area contributed by atoms with Gasteiger partial charge in [-0.1, -0.05) is 50.3 Å². The van der Waals surface area contributed by atoms with Crippen LogP contribution in [0.3, 0.4) is 0 Å². The van der Waals surface area contributed by atoms with Gasteiger partial charge in [-0.25, -0.2) is 4.79 Å². The lowest BCUT2D eigenvalue weighted by atomic mass is 9.94. The molecule has 0 saturated carbocycles. The Hall–Kier alpha value is -3.73. The number of alkyl halides is 3. The van der Waals surface area contributed by atoms with Crippen LogP contribution in [0.4, 0.5) is 23.7 Å². The molecular formula is C28H28F3N3O2. The summed E-state index contributed by atoms with van der Waals surface area (Å²) in [6.45, 7) is 4.74. The molecule has 0 fully saturated rings. The monoisotopic (exact) mass is 495 g/mol. The van der Waals surface area contributed by atoms with Crippen LogP contribution in [0.5, 0.6) is 0 Å². The second-order valence-electron chi connectivity index (χ2n) is 8.88. The third-order valence-corrected chi connectivity index (χ3v) is 6.26. The van der Waals surface area contributed by atoms with Crippen LogP contribution in [-0.4, -0.2) is 29.9 Å². The standard InChI is InChI=1S/C28H28F3N3O2/c1-3-5-7-9-19-12-14-20(15-13-19)25-24-23(18-33(26(24)35)16-6-4-2)34(27(36)32-25)22-11-8-10-21(17-22)28(29,30)31/h8,10-15,17,25H,3-6,16,18H2,1-2H3,(H,32,36)/t25-/m1/s1. The minimum absolute atomic E-state index is 0.0694. The normalized spacial score (nSPS) is 17.6. The zero-order valence-corrected chi connectivity index (χ0v) is 20.3. The van der Waals surface area contributed by atoms with Gasteiger partial charge in [-0.05, 0) is 48.7 Å². The third-order valence-electron chi connectivity index (χ3n) is 6.26. The Morgan fingerprint density at radius 1 is 1.06 bits per heavy atom. The maximum absolute atomic E-state index is 13.5. The molecule has 0 radical (unpaired) electrons. The molecule has 2 aromatic rings. The van der Waals surface area contributed by atoms with Gasteiger partial charge in [0.15, 0.2) is 0 Å². The average Bonchev–Trinajstić information content (AvgIpc) is 3.18. The Morgan fingerprint density at radius 2 is 1.81 bits per heavy atom. The quantitative estimate of drug-likeness (QED) is 0.498. The maximum atomic E-state index is 13.5. The van der Waals surface area contributed by atoms with E-state index < -0.39 is 23.8 Å². The molecule has 2 aromatic carbocycles. The molecule has 1 N–H and O–H groups in total. The smallest absolute Gasteiger partial charge is 0.333 e. The fourth-order valence-corrected chi connectivity index (χ4v) is 4.42. The van der Waals surface area contributed by atoms with Gasteiger partial charge >= 0.3 is 12.2 Å². The van der Waals surface area contributed by atoms with E-state index in [1.807, 2.05) is 31.2 Å². The number of urea groups is 1. The predicted octanol–water partition coefficient (Wildman–Crippen LogP) is 6.02. The first-order valence-electron chi connectivity index (χ1n) is 12.1. The summed E-state index contributed by atoms with van der Waals surface area (Å²) in [6, 6.07) is 10.7. The highest BCUT2D eigenvalue weighted by Crippen LogP contribution is 2.40. The number of carbonyl (C=O) groups is 2. The Kier molecular flexibility index (Phi) is 7.39. The molecule has 0 spiro atoms. The number of unbranched alkanes of at least 4 members (excludes halogenated alkanes) is 2. The number of anilines is 1. The van der Waals surface area contributed by atoms with Crippen molar-refractivity contribution < 1.29 is 22.8 Å². The topological polar surface area (TPSA) is 52.7 Å². The molecule has 2 aliphatic rings. The minimum atomic E-state index is -4.55. The van der Waals surface area contributed by atoms with Crippen LogP contribution in [-0.2, 0) is 11.0 Å². The van der Waals surface area contributed by atoms with Crippen molar-refractivity contribution in [3.05, 3.63) is 76.5 Å². The van der Waals surface area contributed by atoms with E-state index in [1.165, 1.54) is 17.0 Å². The maximum Gasteiger partial charge on any atom is 0.416 e. The van der Waals surface area contributed by atoms with E-state index in [-0.39, 0.29) is 18.1 Å². The number of rotatable bonds is 6. The molecule has 5 nitrogen and oxygen atoms in total. The molecule has 0 aromatic heterocycles. The van der Waals surface area contributed by atoms with Crippen LogP contribution >= 0.6 is 0 Å². The van der Waals surface area contributed by atoms with E-state index in [0.717, 1.165) is 43.4 Å². The number of nitrogens with zero attached hydrogens (tertiary/aromatic N) is 2. The molecule has 36 heavy (non-hydrogen) atoms. The summed E-state index contributed by atoms with van der Waals surface area (Å²) < 4.78 is 40.1. The largest absolute Gasteiger partial charge is 0.416 e. The van der Waals surface area contributed by atoms with Crippen molar-refractivity contribution in [2.75, 3.05) is 18.0 Å². The van der Waals surface area contributed by atoms with Crippen molar-refractivity contribution in [1.82, 2.24) is 10.2 Å². The Labute approximate surface area is 209 Å². The Morgan fingerprint density at radius 3 is 2.47 bits per heavy atom. The van der Waals surface area contributed by atoms with E-state index in [9.17, 15) is 22.8 Å². The second kappa shape index (κ2) is 10.5. The highest BCUT2D eigenvalue weighted by molar-refractivity contribution is 6.07. The fraction of sp³-hybridized carbons (Fsp3) is 0.357. The van der Waals surface area contributed by atoms with Crippen LogP contribution in [0, 0.1) is 11.8 Å². The fourth-order valence-electron chi connectivity index (χ4n) is 4.42. The van der Waals surface area contributed by atoms with Crippen molar-refractivity contribution >= 4 is 17.6 Å². The lowest BCUT2D eigenvalue weighted by molar-refractivity contribution is -0.137. The van der Waals surface area contributed by atoms with Gasteiger partial charge in [0.25, 0.3) is 5.91 Å². The molecule has 0 unspecified atom stereocenters. The zero-order chi connectivity index (χ0) is 25.9. The zero-order valence-electron chi connectivity index (χ0n) is 20.3. The predicted molar refractivity (Wildman–Crippen MR) is 132 cm³/mol. The molecule has 0 bridgehead atoms. The minimum Gasteiger partial charge on any atom is -0.333 e. The molecular weight excluding hydrogens is 467 g/mol. The third kappa shape index (κ3) is 5.11. The van der Waals surface area contributed by atoms with Crippen LogP contribution in [0.2, 0.25) is 0 Å². The number of nitrogens with one attached hydrogen (secondary N) is 1. The summed E-state index contributed by atoms with van der Waals surface area (Å²) in [5.74, 6) is 5.96. The van der Waals surface area contributed by atoms with E-state index in [0.29, 0.717) is 23.4 Å². The van der Waals surface area contributed by atoms with Gasteiger partial charge in [0.1, 0.15) is 0 Å². The van der Waals surface area contributed by atoms with Gasteiger partial charge < -0.3 is 10.2 Å². The van der Waals surface area contributed by atoms with Crippen molar-refractivity contribution in [3.8, 4) is 11.8 Å². The van der Waals surface area contributed by atoms with Crippen LogP contribution in [0.1, 0.15) is 62.3 Å². The molecule has 4 rings (SSSR count). The lowest BCUT2D eigenvalue weighted by Crippen LogP contribution is -2.47. The first-order valence-corrected chi connectivity index (χ1v) is 12.1. The number of hydrogen-bond acceptors (Lipinski definition) is 2. The van der Waals surface area contributed by atoms with Crippen molar-refractivity contribution in [2.24, 2.45) is 0 Å². The highest BCUT2D eigenvalue weighted by atomic mass is 19.4. The van der Waals surface area contributed by atoms with Crippen LogP contribution in [0.25, 0.3) is 0 Å². The molecule has 2 aliphatic heterocycles. The first-order chi connectivity index (χ1) is 17.2. The number of carbonyl (C=O) groups excluding carboxylic acids is 2. The summed E-state index contributed by atoms with van der Waals surface area (Å²) >= 11 is 0. The van der Waals surface area contributed by atoms with Crippen LogP contribution in [0.15, 0.2) is 59.8 Å². The molecule has 2 heterocycles. The lowest BCUT2D eigenvalue weighted by Gasteiger charge is -2.34. The van der Waals surface area contributed by atoms with E-state index >= 15 is 0 Å². The highest BCUT2D eigenvalue weighted by Gasteiger charge is 2.44. The SMILES string of the molecule is CCCC#Cc1ccc([C@H]2NC(=O)N(c3cccc(C(F)(F)F)c3)C3=C2C(=O)N(CCCC)C3)cc1. The molecule has 0 aliphatic carbocycles. The number of halogens is 3. The number of benzene rings is 2. The summed E-state index contributed by atoms with van der Waals surface area (Å²) in [5, 5.41) is 2.85. The van der Waals surface area contributed by atoms with Gasteiger partial charge in [0, 0.05) is 18.5 Å². The average molecular weight is 496 g/mol. The van der Waals surface area contributed by atoms with Gasteiger partial charge in [-0.2, -0.15) is 13.2 Å². The van der Waals surface area contributed by atoms with Crippen molar-refractivity contribution in [3.63, 3.8) is 0 Å². The van der Waals surface area contributed by atoms with Gasteiger partial charge in [-0.15, -0.1) is 0 Å². The first kappa shape index (κ1) is 25.4. The van der Waals surface area contributed by atoms with Crippen molar-refractivity contribution in [2.45, 2.75) is 51.7 Å². The van der Waals surface area contributed by atoms with Crippen molar-refractivity contribution in [1.29, 1.82) is 0 Å². The summed E-state index contributed by atoms with van der Waals surface area (Å²) in [6.07, 6.45) is -1.12. The van der Waals surface area contributed by atoms with Gasteiger partial charge in [0.2, 0.25) is 0 Å². The van der Waals surface area contributed by atoms with Gasteiger partial charge in [-0.3, -0.25) is 9.69 Å². The number of hydrogen-bond donors (Lipinski definition) is 1. The molecule has 1 atom stereocenters. The Balaban J connectivity index is 1.75. The van der Waals surface area contributed by atoms with E-state index in [4.69, 9.17) is 0 Å². The van der Waals surface area contributed by atoms with E-state index in [1.54, 1.807) is 4.90 Å². The van der Waals surface area contributed by atoms with Gasteiger partial charge in [0.05, 0.1) is 35.1 Å². The molecule has 8 heteroatoms. The molecule has 0 saturated heterocycles. The Bertz CT molecular complexity index is 1240. The summed E-state index contributed by atoms with van der Waals surface area (Å²) in [4.78, 5) is 29.6. The second-order valence-corrected chi connectivity index (χ2v) is 8.88. The summed E-state index contributed by atoms with van der Waals surface area (Å²) in [7, 11) is 0. The molecule has 188 valence electrons.